The molecule has 2 rings (SSSR count). The number of H-pyrrole nitrogens is 1. The van der Waals surface area contributed by atoms with Gasteiger partial charge in [-0.2, -0.15) is 5.26 Å². The zero-order valence-electron chi connectivity index (χ0n) is 10.5. The van der Waals surface area contributed by atoms with Crippen LogP contribution < -0.4 is 11.2 Å². The Bertz CT molecular complexity index is 730. The number of aromatic amines is 1. The highest BCUT2D eigenvalue weighted by Gasteiger charge is 2.35. The van der Waals surface area contributed by atoms with Crippen molar-refractivity contribution in [3.05, 3.63) is 37.5 Å². The molecule has 21 heavy (non-hydrogen) atoms. The standard InChI is InChI=1S/C10H10N6O4S/c11-4-21-7-2-16(10(19)13-9(7)18)8-1-5(14-15-12)6(3-17)20-8/h2,5-6,8,17H,1,3H2,(H,13,18,19)/t5?,6-,8-/m1/s1. The summed E-state index contributed by atoms with van der Waals surface area (Å²) in [5, 5.41) is 23.0. The minimum Gasteiger partial charge on any atom is -0.394 e. The molecule has 1 aliphatic rings. The van der Waals surface area contributed by atoms with Crippen LogP contribution in [0, 0.1) is 10.7 Å². The van der Waals surface area contributed by atoms with Crippen molar-refractivity contribution in [1.29, 1.82) is 5.26 Å². The number of ether oxygens (including phenoxy) is 1. The molecule has 3 atom stereocenters. The average Bonchev–Trinajstić information content (AvgIpc) is 2.85. The van der Waals surface area contributed by atoms with Crippen LogP contribution in [0.25, 0.3) is 10.4 Å². The number of azide groups is 1. The molecule has 10 nitrogen and oxygen atoms in total. The molecular weight excluding hydrogens is 300 g/mol. The largest absolute Gasteiger partial charge is 0.394 e. The molecule has 0 aliphatic carbocycles. The summed E-state index contributed by atoms with van der Waals surface area (Å²) in [5.41, 5.74) is 7.10. The van der Waals surface area contributed by atoms with E-state index in [0.717, 1.165) is 4.57 Å². The average molecular weight is 310 g/mol. The van der Waals surface area contributed by atoms with E-state index in [1.165, 1.54) is 6.20 Å². The number of aromatic nitrogens is 2. The van der Waals surface area contributed by atoms with Crippen LogP contribution in [0.3, 0.4) is 0 Å². The van der Waals surface area contributed by atoms with Gasteiger partial charge in [0, 0.05) is 17.5 Å². The van der Waals surface area contributed by atoms with Crippen molar-refractivity contribution < 1.29 is 9.84 Å². The van der Waals surface area contributed by atoms with Crippen molar-refractivity contribution in [3.63, 3.8) is 0 Å². The van der Waals surface area contributed by atoms with E-state index in [1.54, 1.807) is 5.40 Å². The molecule has 1 saturated heterocycles. The normalized spacial score (nSPS) is 24.3. The monoisotopic (exact) mass is 310 g/mol. The molecule has 0 aromatic carbocycles. The molecule has 0 spiro atoms. The van der Waals surface area contributed by atoms with Crippen molar-refractivity contribution in [1.82, 2.24) is 9.55 Å². The lowest BCUT2D eigenvalue weighted by atomic mass is 10.1. The van der Waals surface area contributed by atoms with Crippen LogP contribution in [0.15, 0.2) is 25.8 Å². The Morgan fingerprint density at radius 2 is 2.48 bits per heavy atom. The number of nitrogens with one attached hydrogen (secondary N) is 1. The smallest absolute Gasteiger partial charge is 0.330 e. The van der Waals surface area contributed by atoms with E-state index < -0.39 is 29.6 Å². The third-order valence-corrected chi connectivity index (χ3v) is 3.59. The van der Waals surface area contributed by atoms with Crippen LogP contribution in [-0.4, -0.2) is 33.4 Å². The van der Waals surface area contributed by atoms with Crippen LogP contribution in [0.2, 0.25) is 0 Å². The molecule has 1 aliphatic heterocycles. The summed E-state index contributed by atoms with van der Waals surface area (Å²) >= 11 is 0.616. The number of aliphatic hydroxyl groups excluding tert-OH is 1. The number of hydrogen-bond acceptors (Lipinski definition) is 7. The highest BCUT2D eigenvalue weighted by molar-refractivity contribution is 8.03. The molecule has 1 fully saturated rings. The van der Waals surface area contributed by atoms with Crippen LogP contribution in [0.1, 0.15) is 12.6 Å². The zero-order chi connectivity index (χ0) is 15.4. The fourth-order valence-electron chi connectivity index (χ4n) is 2.04. The number of aliphatic hydroxyl groups is 1. The summed E-state index contributed by atoms with van der Waals surface area (Å²) < 4.78 is 6.56. The van der Waals surface area contributed by atoms with E-state index in [-0.39, 0.29) is 17.9 Å². The molecule has 0 radical (unpaired) electrons. The third kappa shape index (κ3) is 3.09. The molecule has 0 amide bonds. The Kier molecular flexibility index (Phi) is 4.66. The number of thiocyanates is 1. The van der Waals surface area contributed by atoms with Crippen LogP contribution >= 0.6 is 11.8 Å². The highest BCUT2D eigenvalue weighted by atomic mass is 32.2. The first-order chi connectivity index (χ1) is 10.1. The van der Waals surface area contributed by atoms with Gasteiger partial charge in [-0.05, 0) is 17.3 Å². The number of nitriles is 1. The summed E-state index contributed by atoms with van der Waals surface area (Å²) in [6.07, 6.45) is -0.123. The lowest BCUT2D eigenvalue weighted by molar-refractivity contribution is -0.0274. The SMILES string of the molecule is N#CSc1cn([C@H]2CC(N=[N+]=[N-])[C@@H](CO)O2)c(=O)[nH]c1=O. The summed E-state index contributed by atoms with van der Waals surface area (Å²) in [6.45, 7) is -0.363. The zero-order valence-corrected chi connectivity index (χ0v) is 11.4. The molecule has 0 saturated carbocycles. The van der Waals surface area contributed by atoms with Gasteiger partial charge in [0.05, 0.1) is 18.8 Å². The van der Waals surface area contributed by atoms with Crippen molar-refractivity contribution in [2.24, 2.45) is 5.11 Å². The second kappa shape index (κ2) is 6.47. The summed E-state index contributed by atoms with van der Waals surface area (Å²) in [7, 11) is 0. The second-order valence-corrected chi connectivity index (χ2v) is 5.00. The van der Waals surface area contributed by atoms with E-state index >= 15 is 0 Å². The molecule has 1 aromatic heterocycles. The van der Waals surface area contributed by atoms with Gasteiger partial charge >= 0.3 is 5.69 Å². The molecule has 11 heteroatoms. The molecule has 1 aromatic rings. The Morgan fingerprint density at radius 1 is 1.71 bits per heavy atom. The van der Waals surface area contributed by atoms with Gasteiger partial charge in [-0.15, -0.1) is 0 Å². The molecule has 1 unspecified atom stereocenters. The van der Waals surface area contributed by atoms with Gasteiger partial charge < -0.3 is 9.84 Å². The van der Waals surface area contributed by atoms with E-state index in [4.69, 9.17) is 15.5 Å². The van der Waals surface area contributed by atoms with Gasteiger partial charge in [-0.3, -0.25) is 14.3 Å². The fourth-order valence-corrected chi connectivity index (χ4v) is 2.45. The van der Waals surface area contributed by atoms with Crippen LogP contribution in [-0.2, 0) is 4.74 Å². The number of rotatable bonds is 4. The Morgan fingerprint density at radius 3 is 3.10 bits per heavy atom. The molecule has 0 bridgehead atoms. The van der Waals surface area contributed by atoms with Crippen molar-refractivity contribution in [2.75, 3.05) is 6.61 Å². The van der Waals surface area contributed by atoms with Crippen molar-refractivity contribution >= 4 is 11.8 Å². The maximum Gasteiger partial charge on any atom is 0.330 e. The third-order valence-electron chi connectivity index (χ3n) is 2.99. The van der Waals surface area contributed by atoms with Gasteiger partial charge in [0.2, 0.25) is 0 Å². The number of thioether (sulfide) groups is 1. The second-order valence-electron chi connectivity index (χ2n) is 4.17. The van der Waals surface area contributed by atoms with Gasteiger partial charge in [0.15, 0.2) is 0 Å². The highest BCUT2D eigenvalue weighted by Crippen LogP contribution is 2.30. The predicted molar refractivity (Wildman–Crippen MR) is 71.3 cm³/mol. The predicted octanol–water partition coefficient (Wildman–Crippen LogP) is 0.0685. The van der Waals surface area contributed by atoms with E-state index in [9.17, 15) is 14.7 Å². The van der Waals surface area contributed by atoms with E-state index in [2.05, 4.69) is 15.0 Å². The summed E-state index contributed by atoms with van der Waals surface area (Å²) in [5.74, 6) is 0. The quantitative estimate of drug-likeness (QED) is 0.263. The van der Waals surface area contributed by atoms with Crippen molar-refractivity contribution in [3.8, 4) is 5.40 Å². The number of hydrogen-bond donors (Lipinski definition) is 2. The lowest BCUT2D eigenvalue weighted by Gasteiger charge is -2.14. The van der Waals surface area contributed by atoms with Crippen molar-refractivity contribution in [2.45, 2.75) is 29.7 Å². The Balaban J connectivity index is 2.37. The summed E-state index contributed by atoms with van der Waals surface area (Å²) in [6, 6.07) is -0.615. The first-order valence-corrected chi connectivity index (χ1v) is 6.64. The molecular formula is C10H10N6O4S. The first kappa shape index (κ1) is 15.1. The van der Waals surface area contributed by atoms with Gasteiger partial charge in [0.1, 0.15) is 16.5 Å². The Labute approximate surface area is 121 Å². The minimum absolute atomic E-state index is 0.0495. The van der Waals surface area contributed by atoms with E-state index in [0.29, 0.717) is 11.8 Å². The maximum atomic E-state index is 11.8. The van der Waals surface area contributed by atoms with Gasteiger partial charge in [-0.1, -0.05) is 5.11 Å². The fraction of sp³-hybridized carbons (Fsp3) is 0.500. The number of nitrogens with zero attached hydrogens (tertiary/aromatic N) is 5. The van der Waals surface area contributed by atoms with Gasteiger partial charge in [-0.25, -0.2) is 4.79 Å². The van der Waals surface area contributed by atoms with Crippen LogP contribution in [0.4, 0.5) is 0 Å². The lowest BCUT2D eigenvalue weighted by Crippen LogP contribution is -2.33. The Hall–Kier alpha value is -2.25. The van der Waals surface area contributed by atoms with Gasteiger partial charge in [0.25, 0.3) is 5.56 Å². The molecule has 2 heterocycles. The van der Waals surface area contributed by atoms with Crippen LogP contribution in [0.5, 0.6) is 0 Å². The summed E-state index contributed by atoms with van der Waals surface area (Å²) in [4.78, 5) is 28.1. The topological polar surface area (TPSA) is 157 Å². The molecule has 110 valence electrons. The van der Waals surface area contributed by atoms with E-state index in [1.807, 2.05) is 0 Å². The molecule has 2 N–H and O–H groups in total. The first-order valence-electron chi connectivity index (χ1n) is 5.82. The minimum atomic E-state index is -0.792. The maximum absolute atomic E-state index is 11.8.